The second-order valence-electron chi connectivity index (χ2n) is 6.26. The second kappa shape index (κ2) is 6.93. The Morgan fingerprint density at radius 1 is 1.04 bits per heavy atom. The highest BCUT2D eigenvalue weighted by Gasteiger charge is 2.14. The van der Waals surface area contributed by atoms with Crippen LogP contribution in [0.5, 0.6) is 5.75 Å². The van der Waals surface area contributed by atoms with Crippen LogP contribution in [0.3, 0.4) is 0 Å². The van der Waals surface area contributed by atoms with Gasteiger partial charge < -0.3 is 9.47 Å². The summed E-state index contributed by atoms with van der Waals surface area (Å²) in [6.07, 6.45) is 0.124. The summed E-state index contributed by atoms with van der Waals surface area (Å²) in [7, 11) is 1.39. The van der Waals surface area contributed by atoms with Gasteiger partial charge in [0, 0.05) is 10.9 Å². The lowest BCUT2D eigenvalue weighted by molar-refractivity contribution is 0.0603. The van der Waals surface area contributed by atoms with Crippen molar-refractivity contribution in [3.63, 3.8) is 0 Å². The minimum absolute atomic E-state index is 0.124. The number of fused-ring (bicyclic) bond motifs is 1. The van der Waals surface area contributed by atoms with E-state index in [0.29, 0.717) is 5.56 Å². The third-order valence-corrected chi connectivity index (χ3v) is 3.89. The van der Waals surface area contributed by atoms with E-state index in [9.17, 15) is 4.79 Å². The molecule has 0 fully saturated rings. The average Bonchev–Trinajstić information content (AvgIpc) is 2.60. The molecule has 0 radical (unpaired) electrons. The van der Waals surface area contributed by atoms with E-state index >= 15 is 0 Å². The Bertz CT molecular complexity index is 914. The number of carbonyl (C=O) groups is 1. The Morgan fingerprint density at radius 3 is 2.40 bits per heavy atom. The quantitative estimate of drug-likeness (QED) is 0.644. The van der Waals surface area contributed by atoms with E-state index in [1.807, 2.05) is 63.2 Å². The number of methoxy groups -OCH3 is 1. The van der Waals surface area contributed by atoms with Crippen LogP contribution in [-0.2, 0) is 4.74 Å². The zero-order chi connectivity index (χ0) is 18.0. The van der Waals surface area contributed by atoms with Crippen molar-refractivity contribution in [2.45, 2.75) is 26.9 Å². The Hall–Kier alpha value is -2.88. The lowest BCUT2D eigenvalue weighted by atomic mass is 10.0. The third kappa shape index (κ3) is 3.63. The largest absolute Gasteiger partial charge is 0.491 e. The summed E-state index contributed by atoms with van der Waals surface area (Å²) in [5.74, 6) is 0.447. The zero-order valence-electron chi connectivity index (χ0n) is 14.9. The molecule has 0 amide bonds. The normalized spacial score (nSPS) is 10.9. The van der Waals surface area contributed by atoms with Crippen molar-refractivity contribution in [3.05, 3.63) is 59.7 Å². The molecule has 0 unspecified atom stereocenters. The number of rotatable bonds is 4. The average molecular weight is 335 g/mol. The Labute approximate surface area is 147 Å². The Balaban J connectivity index is 2.10. The molecule has 128 valence electrons. The predicted octanol–water partition coefficient (Wildman–Crippen LogP) is 4.78. The van der Waals surface area contributed by atoms with Crippen LogP contribution in [-0.4, -0.2) is 24.2 Å². The van der Waals surface area contributed by atoms with Crippen molar-refractivity contribution in [1.29, 1.82) is 0 Å². The van der Waals surface area contributed by atoms with Gasteiger partial charge in [0.25, 0.3) is 0 Å². The van der Waals surface area contributed by atoms with Crippen LogP contribution in [0.1, 0.15) is 29.8 Å². The second-order valence-corrected chi connectivity index (χ2v) is 6.26. The highest BCUT2D eigenvalue weighted by Crippen LogP contribution is 2.27. The summed E-state index contributed by atoms with van der Waals surface area (Å²) in [5.41, 5.74) is 4.01. The molecule has 0 bridgehead atoms. The summed E-state index contributed by atoms with van der Waals surface area (Å²) in [6, 6.07) is 15.4. The SMILES string of the molecule is COC(=O)c1cc(-c2ccc(OC(C)C)cc2)nc2ccc(C)cc12. The minimum atomic E-state index is -0.362. The van der Waals surface area contributed by atoms with Gasteiger partial charge in [0.2, 0.25) is 0 Å². The molecule has 1 heterocycles. The molecule has 0 atom stereocenters. The van der Waals surface area contributed by atoms with Gasteiger partial charge in [0.1, 0.15) is 5.75 Å². The van der Waals surface area contributed by atoms with E-state index in [4.69, 9.17) is 14.5 Å². The molecule has 4 nitrogen and oxygen atoms in total. The molecular formula is C21H21NO3. The van der Waals surface area contributed by atoms with Gasteiger partial charge in [0.05, 0.1) is 30.0 Å². The first-order valence-corrected chi connectivity index (χ1v) is 8.24. The van der Waals surface area contributed by atoms with E-state index in [1.54, 1.807) is 6.07 Å². The van der Waals surface area contributed by atoms with Crippen molar-refractivity contribution >= 4 is 16.9 Å². The molecule has 0 N–H and O–H groups in total. The molecule has 25 heavy (non-hydrogen) atoms. The van der Waals surface area contributed by atoms with Crippen LogP contribution in [0.15, 0.2) is 48.5 Å². The number of pyridine rings is 1. The maximum absolute atomic E-state index is 12.2. The van der Waals surface area contributed by atoms with Gasteiger partial charge in [-0.15, -0.1) is 0 Å². The fourth-order valence-corrected chi connectivity index (χ4v) is 2.74. The van der Waals surface area contributed by atoms with E-state index < -0.39 is 0 Å². The molecule has 3 rings (SSSR count). The molecule has 1 aromatic heterocycles. The summed E-state index contributed by atoms with van der Waals surface area (Å²) in [5, 5.41) is 0.801. The first-order valence-electron chi connectivity index (χ1n) is 8.24. The lowest BCUT2D eigenvalue weighted by Crippen LogP contribution is -2.05. The number of carbonyl (C=O) groups excluding carboxylic acids is 1. The number of hydrogen-bond donors (Lipinski definition) is 0. The summed E-state index contributed by atoms with van der Waals surface area (Å²) < 4.78 is 10.6. The topological polar surface area (TPSA) is 48.4 Å². The molecule has 0 saturated heterocycles. The number of aryl methyl sites for hydroxylation is 1. The van der Waals surface area contributed by atoms with Crippen molar-refractivity contribution in [2.75, 3.05) is 7.11 Å². The van der Waals surface area contributed by atoms with Crippen LogP contribution in [0, 0.1) is 6.92 Å². The number of nitrogens with zero attached hydrogens (tertiary/aromatic N) is 1. The molecule has 0 aliphatic heterocycles. The maximum atomic E-state index is 12.2. The summed E-state index contributed by atoms with van der Waals surface area (Å²) >= 11 is 0. The molecule has 0 spiro atoms. The predicted molar refractivity (Wildman–Crippen MR) is 99.0 cm³/mol. The highest BCUT2D eigenvalue weighted by molar-refractivity contribution is 6.04. The molecule has 0 saturated carbocycles. The van der Waals surface area contributed by atoms with Crippen molar-refractivity contribution in [2.24, 2.45) is 0 Å². The molecule has 4 heteroatoms. The molecule has 0 aliphatic carbocycles. The van der Waals surface area contributed by atoms with Gasteiger partial charge in [0.15, 0.2) is 0 Å². The molecule has 3 aromatic rings. The van der Waals surface area contributed by atoms with Crippen LogP contribution < -0.4 is 4.74 Å². The van der Waals surface area contributed by atoms with Gasteiger partial charge in [-0.3, -0.25) is 0 Å². The first-order chi connectivity index (χ1) is 12.0. The van der Waals surface area contributed by atoms with Gasteiger partial charge in [-0.25, -0.2) is 9.78 Å². The van der Waals surface area contributed by atoms with Crippen molar-refractivity contribution in [3.8, 4) is 17.0 Å². The molecule has 2 aromatic carbocycles. The summed E-state index contributed by atoms with van der Waals surface area (Å²) in [6.45, 7) is 5.97. The van der Waals surface area contributed by atoms with Gasteiger partial charge in [-0.2, -0.15) is 0 Å². The molecule has 0 aliphatic rings. The van der Waals surface area contributed by atoms with Crippen LogP contribution >= 0.6 is 0 Å². The van der Waals surface area contributed by atoms with Crippen molar-refractivity contribution in [1.82, 2.24) is 4.98 Å². The monoisotopic (exact) mass is 335 g/mol. The van der Waals surface area contributed by atoms with Crippen LogP contribution in [0.2, 0.25) is 0 Å². The van der Waals surface area contributed by atoms with Crippen LogP contribution in [0.25, 0.3) is 22.2 Å². The maximum Gasteiger partial charge on any atom is 0.338 e. The number of ether oxygens (including phenoxy) is 2. The Morgan fingerprint density at radius 2 is 1.76 bits per heavy atom. The van der Waals surface area contributed by atoms with Crippen LogP contribution in [0.4, 0.5) is 0 Å². The fourth-order valence-electron chi connectivity index (χ4n) is 2.74. The molecular weight excluding hydrogens is 314 g/mol. The summed E-state index contributed by atoms with van der Waals surface area (Å²) in [4.78, 5) is 16.9. The zero-order valence-corrected chi connectivity index (χ0v) is 14.9. The van der Waals surface area contributed by atoms with Gasteiger partial charge >= 0.3 is 5.97 Å². The van der Waals surface area contributed by atoms with E-state index in [0.717, 1.165) is 33.5 Å². The third-order valence-electron chi connectivity index (χ3n) is 3.89. The standard InChI is InChI=1S/C21H21NO3/c1-13(2)25-16-8-6-15(7-9-16)20-12-18(21(23)24-4)17-11-14(3)5-10-19(17)22-20/h5-13H,1-4H3. The lowest BCUT2D eigenvalue weighted by Gasteiger charge is -2.11. The van der Waals surface area contributed by atoms with E-state index in [-0.39, 0.29) is 12.1 Å². The van der Waals surface area contributed by atoms with E-state index in [2.05, 4.69) is 0 Å². The van der Waals surface area contributed by atoms with Gasteiger partial charge in [-0.05, 0) is 63.2 Å². The highest BCUT2D eigenvalue weighted by atomic mass is 16.5. The fraction of sp³-hybridized carbons (Fsp3) is 0.238. The van der Waals surface area contributed by atoms with Crippen molar-refractivity contribution < 1.29 is 14.3 Å². The number of hydrogen-bond acceptors (Lipinski definition) is 4. The first kappa shape index (κ1) is 17.0. The number of aromatic nitrogens is 1. The smallest absolute Gasteiger partial charge is 0.338 e. The Kier molecular flexibility index (Phi) is 4.70. The van der Waals surface area contributed by atoms with Gasteiger partial charge in [-0.1, -0.05) is 11.6 Å². The minimum Gasteiger partial charge on any atom is -0.491 e. The van der Waals surface area contributed by atoms with E-state index in [1.165, 1.54) is 7.11 Å². The number of benzene rings is 2. The number of esters is 1.